The molecule has 0 bridgehead atoms. The quantitative estimate of drug-likeness (QED) is 0.226. The lowest BCUT2D eigenvalue weighted by Gasteiger charge is -2.07. The van der Waals surface area contributed by atoms with E-state index < -0.39 is 6.04 Å². The number of amidine groups is 1. The smallest absolute Gasteiger partial charge is 0.191 e. The second-order valence-corrected chi connectivity index (χ2v) is 1.74. The first-order valence-corrected chi connectivity index (χ1v) is 2.49. The monoisotopic (exact) mass is 129 g/mol. The Morgan fingerprint density at radius 1 is 1.56 bits per heavy atom. The first-order chi connectivity index (χ1) is 4.04. The summed E-state index contributed by atoms with van der Waals surface area (Å²) in [7, 11) is 0. The fraction of sp³-hybridized carbons (Fsp3) is 0.500. The summed E-state index contributed by atoms with van der Waals surface area (Å²) >= 11 is 0. The highest BCUT2D eigenvalue weighted by Gasteiger charge is 2.00. The highest BCUT2D eigenvalue weighted by atomic mass is 15.1. The van der Waals surface area contributed by atoms with Crippen molar-refractivity contribution in [2.45, 2.75) is 13.0 Å². The summed E-state index contributed by atoms with van der Waals surface area (Å²) in [6, 6.07) is -0.395. The maximum Gasteiger partial charge on any atom is 0.191 e. The Bertz CT molecular complexity index is 127. The van der Waals surface area contributed by atoms with Crippen molar-refractivity contribution < 1.29 is 0 Å². The number of rotatable bonds is 1. The summed E-state index contributed by atoms with van der Waals surface area (Å²) < 4.78 is 0. The van der Waals surface area contributed by atoms with E-state index in [-0.39, 0.29) is 11.8 Å². The molecule has 7 N–H and O–H groups in total. The average Bonchev–Trinajstić information content (AvgIpc) is 1.63. The Labute approximate surface area is 53.4 Å². The molecule has 0 heterocycles. The van der Waals surface area contributed by atoms with E-state index in [9.17, 15) is 0 Å². The lowest BCUT2D eigenvalue weighted by Crippen LogP contribution is -2.43. The Kier molecular flexibility index (Phi) is 2.66. The van der Waals surface area contributed by atoms with Crippen LogP contribution in [0.3, 0.4) is 0 Å². The van der Waals surface area contributed by atoms with Crippen LogP contribution in [-0.4, -0.2) is 17.8 Å². The topological polar surface area (TPSA) is 112 Å². The van der Waals surface area contributed by atoms with Crippen LogP contribution in [0.2, 0.25) is 0 Å². The molecule has 5 heteroatoms. The van der Waals surface area contributed by atoms with Crippen molar-refractivity contribution in [3.63, 3.8) is 0 Å². The molecular weight excluding hydrogens is 118 g/mol. The summed E-state index contributed by atoms with van der Waals surface area (Å²) in [5.41, 5.74) is 10.2. The molecule has 0 rings (SSSR count). The van der Waals surface area contributed by atoms with Gasteiger partial charge in [0.15, 0.2) is 5.96 Å². The Morgan fingerprint density at radius 3 is 2.11 bits per heavy atom. The molecule has 0 aromatic rings. The molecule has 0 amide bonds. The van der Waals surface area contributed by atoms with Crippen LogP contribution in [0.5, 0.6) is 0 Å². The summed E-state index contributed by atoms with van der Waals surface area (Å²) in [5.74, 6) is -0.195. The molecule has 0 aromatic heterocycles. The van der Waals surface area contributed by atoms with Crippen LogP contribution in [0, 0.1) is 10.8 Å². The van der Waals surface area contributed by atoms with Crippen molar-refractivity contribution in [1.29, 1.82) is 10.8 Å². The van der Waals surface area contributed by atoms with Gasteiger partial charge in [-0.3, -0.25) is 10.8 Å². The van der Waals surface area contributed by atoms with Crippen molar-refractivity contribution in [2.24, 2.45) is 11.5 Å². The van der Waals surface area contributed by atoms with Crippen molar-refractivity contribution in [2.75, 3.05) is 0 Å². The Hall–Kier alpha value is -1.10. The van der Waals surface area contributed by atoms with E-state index in [1.807, 2.05) is 0 Å². The zero-order valence-corrected chi connectivity index (χ0v) is 5.23. The lowest BCUT2D eigenvalue weighted by molar-refractivity contribution is 0.925. The zero-order chi connectivity index (χ0) is 7.44. The zero-order valence-electron chi connectivity index (χ0n) is 5.23. The first kappa shape index (κ1) is 7.90. The number of hydrogen-bond donors (Lipinski definition) is 5. The SMILES string of the molecule is CC(N)C(=N)NC(=N)N. The van der Waals surface area contributed by atoms with Crippen LogP contribution in [-0.2, 0) is 0 Å². The maximum atomic E-state index is 7.02. The summed E-state index contributed by atoms with van der Waals surface area (Å²) in [6.45, 7) is 1.64. The van der Waals surface area contributed by atoms with Gasteiger partial charge in [-0.15, -0.1) is 0 Å². The fourth-order valence-electron chi connectivity index (χ4n) is 0.259. The Balaban J connectivity index is 3.64. The molecule has 0 aromatic carbocycles. The summed E-state index contributed by atoms with van der Waals surface area (Å²) in [4.78, 5) is 0. The largest absolute Gasteiger partial charge is 0.370 e. The van der Waals surface area contributed by atoms with E-state index in [0.29, 0.717) is 0 Å². The first-order valence-electron chi connectivity index (χ1n) is 2.49. The molecule has 5 nitrogen and oxygen atoms in total. The number of nitrogens with one attached hydrogen (secondary N) is 3. The van der Waals surface area contributed by atoms with E-state index in [4.69, 9.17) is 22.3 Å². The summed E-state index contributed by atoms with van der Waals surface area (Å²) in [6.07, 6.45) is 0. The van der Waals surface area contributed by atoms with E-state index in [2.05, 4.69) is 5.32 Å². The molecule has 9 heavy (non-hydrogen) atoms. The third-order valence-corrected chi connectivity index (χ3v) is 0.725. The minimum atomic E-state index is -0.395. The number of guanidine groups is 1. The molecule has 0 fully saturated rings. The summed E-state index contributed by atoms with van der Waals surface area (Å²) in [5, 5.41) is 16.0. The number of hydrogen-bond acceptors (Lipinski definition) is 3. The minimum absolute atomic E-state index is 0.0579. The predicted molar refractivity (Wildman–Crippen MR) is 36.4 cm³/mol. The van der Waals surface area contributed by atoms with Crippen LogP contribution >= 0.6 is 0 Å². The molecule has 0 aliphatic rings. The second kappa shape index (κ2) is 3.03. The van der Waals surface area contributed by atoms with Crippen molar-refractivity contribution in [3.05, 3.63) is 0 Å². The van der Waals surface area contributed by atoms with Gasteiger partial charge in [-0.05, 0) is 6.92 Å². The number of nitrogens with two attached hydrogens (primary N) is 2. The molecule has 0 saturated heterocycles. The molecular formula is C4H11N5. The molecule has 0 spiro atoms. The molecule has 0 saturated carbocycles. The van der Waals surface area contributed by atoms with Gasteiger partial charge in [-0.1, -0.05) is 0 Å². The van der Waals surface area contributed by atoms with E-state index in [1.54, 1.807) is 6.92 Å². The van der Waals surface area contributed by atoms with Crippen molar-refractivity contribution in [3.8, 4) is 0 Å². The van der Waals surface area contributed by atoms with E-state index in [1.165, 1.54) is 0 Å². The molecule has 1 unspecified atom stereocenters. The van der Waals surface area contributed by atoms with Gasteiger partial charge in [0.1, 0.15) is 5.84 Å². The average molecular weight is 129 g/mol. The van der Waals surface area contributed by atoms with Gasteiger partial charge in [0, 0.05) is 0 Å². The highest BCUT2D eigenvalue weighted by Crippen LogP contribution is 1.72. The van der Waals surface area contributed by atoms with E-state index >= 15 is 0 Å². The lowest BCUT2D eigenvalue weighted by atomic mass is 10.3. The van der Waals surface area contributed by atoms with Crippen LogP contribution in [0.25, 0.3) is 0 Å². The Morgan fingerprint density at radius 2 is 2.00 bits per heavy atom. The van der Waals surface area contributed by atoms with Crippen LogP contribution < -0.4 is 16.8 Å². The standard InChI is InChI=1S/C4H11N5/c1-2(5)3(6)9-4(7)8/h2H,5H2,1H3,(H5,6,7,8,9). The van der Waals surface area contributed by atoms with Gasteiger partial charge in [0.25, 0.3) is 0 Å². The molecule has 0 aliphatic carbocycles. The van der Waals surface area contributed by atoms with Gasteiger partial charge in [0.2, 0.25) is 0 Å². The van der Waals surface area contributed by atoms with E-state index in [0.717, 1.165) is 0 Å². The highest BCUT2D eigenvalue weighted by molar-refractivity contribution is 5.98. The molecule has 52 valence electrons. The molecule has 0 radical (unpaired) electrons. The molecule has 0 aliphatic heterocycles. The van der Waals surface area contributed by atoms with Crippen LogP contribution in [0.1, 0.15) is 6.92 Å². The fourth-order valence-corrected chi connectivity index (χ4v) is 0.259. The minimum Gasteiger partial charge on any atom is -0.370 e. The van der Waals surface area contributed by atoms with Gasteiger partial charge in [-0.25, -0.2) is 0 Å². The van der Waals surface area contributed by atoms with Gasteiger partial charge >= 0.3 is 0 Å². The normalized spacial score (nSPS) is 12.2. The second-order valence-electron chi connectivity index (χ2n) is 1.74. The van der Waals surface area contributed by atoms with Gasteiger partial charge in [0.05, 0.1) is 6.04 Å². The van der Waals surface area contributed by atoms with Gasteiger partial charge in [-0.2, -0.15) is 0 Å². The van der Waals surface area contributed by atoms with Crippen LogP contribution in [0.15, 0.2) is 0 Å². The maximum absolute atomic E-state index is 7.02. The van der Waals surface area contributed by atoms with Crippen molar-refractivity contribution in [1.82, 2.24) is 5.32 Å². The predicted octanol–water partition coefficient (Wildman–Crippen LogP) is -1.21. The van der Waals surface area contributed by atoms with Gasteiger partial charge < -0.3 is 16.8 Å². The van der Waals surface area contributed by atoms with Crippen molar-refractivity contribution >= 4 is 11.8 Å². The molecule has 1 atom stereocenters. The third kappa shape index (κ3) is 3.48. The van der Waals surface area contributed by atoms with Crippen LogP contribution in [0.4, 0.5) is 0 Å². The third-order valence-electron chi connectivity index (χ3n) is 0.725.